The minimum atomic E-state index is -3.62. The van der Waals surface area contributed by atoms with Crippen LogP contribution < -0.4 is 9.80 Å². The summed E-state index contributed by atoms with van der Waals surface area (Å²) in [6.45, 7) is 1.52. The lowest BCUT2D eigenvalue weighted by molar-refractivity contribution is -0.122. The quantitative estimate of drug-likeness (QED) is 0.685. The van der Waals surface area contributed by atoms with Gasteiger partial charge in [0.25, 0.3) is 0 Å². The molecule has 168 valence electrons. The molecule has 0 radical (unpaired) electrons. The van der Waals surface area contributed by atoms with E-state index in [1.165, 1.54) is 21.0 Å². The summed E-state index contributed by atoms with van der Waals surface area (Å²) in [5.41, 5.74) is 2.52. The molecule has 0 N–H and O–H groups in total. The molecule has 0 bridgehead atoms. The van der Waals surface area contributed by atoms with Gasteiger partial charge in [0.05, 0.1) is 10.6 Å². The Labute approximate surface area is 192 Å². The zero-order valence-corrected chi connectivity index (χ0v) is 19.3. The first-order chi connectivity index (χ1) is 15.4. The number of para-hydroxylation sites is 1. The molecule has 0 spiro atoms. The molecular weight excluding hydrogens is 446 g/mol. The van der Waals surface area contributed by atoms with E-state index < -0.39 is 10.0 Å². The SMILES string of the molecule is O=C(CN1C(=O)CCSc2ccc(S(=O)(=O)N3CCCC3)cc21)N1CCc2ccccc21. The standard InChI is InChI=1S/C23H25N3O4S2/c27-22-10-14-31-21-8-7-18(32(29,30)24-11-3-4-12-24)15-20(21)26(22)16-23(28)25-13-9-17-5-1-2-6-19(17)25/h1-2,5-8,15H,3-4,9-14,16H2. The average Bonchev–Trinajstić information content (AvgIpc) is 3.45. The Morgan fingerprint density at radius 1 is 0.969 bits per heavy atom. The van der Waals surface area contributed by atoms with Gasteiger partial charge in [0, 0.05) is 42.4 Å². The van der Waals surface area contributed by atoms with Crippen molar-refractivity contribution in [3.05, 3.63) is 48.0 Å². The monoisotopic (exact) mass is 471 g/mol. The third kappa shape index (κ3) is 3.82. The van der Waals surface area contributed by atoms with Crippen LogP contribution in [0.2, 0.25) is 0 Å². The van der Waals surface area contributed by atoms with Crippen LogP contribution in [0, 0.1) is 0 Å². The molecule has 0 saturated carbocycles. The van der Waals surface area contributed by atoms with Crippen molar-refractivity contribution >= 4 is 45.0 Å². The maximum atomic E-state index is 13.2. The van der Waals surface area contributed by atoms with Gasteiger partial charge in [-0.15, -0.1) is 11.8 Å². The van der Waals surface area contributed by atoms with E-state index in [2.05, 4.69) is 0 Å². The van der Waals surface area contributed by atoms with Crippen LogP contribution in [0.1, 0.15) is 24.8 Å². The van der Waals surface area contributed by atoms with E-state index in [-0.39, 0.29) is 23.3 Å². The molecule has 32 heavy (non-hydrogen) atoms. The maximum Gasteiger partial charge on any atom is 0.247 e. The van der Waals surface area contributed by atoms with Gasteiger partial charge in [0.1, 0.15) is 6.54 Å². The van der Waals surface area contributed by atoms with Gasteiger partial charge in [-0.1, -0.05) is 18.2 Å². The average molecular weight is 472 g/mol. The van der Waals surface area contributed by atoms with E-state index in [1.54, 1.807) is 23.1 Å². The Kier molecular flexibility index (Phi) is 5.73. The van der Waals surface area contributed by atoms with Crippen LogP contribution >= 0.6 is 11.8 Å². The Hall–Kier alpha value is -2.36. The Bertz CT molecular complexity index is 1180. The van der Waals surface area contributed by atoms with Gasteiger partial charge >= 0.3 is 0 Å². The highest BCUT2D eigenvalue weighted by atomic mass is 32.2. The number of carbonyl (C=O) groups is 2. The fourth-order valence-electron chi connectivity index (χ4n) is 4.58. The smallest absolute Gasteiger partial charge is 0.247 e. The molecule has 0 aliphatic carbocycles. The van der Waals surface area contributed by atoms with Crippen molar-refractivity contribution in [2.75, 3.05) is 41.7 Å². The zero-order valence-electron chi connectivity index (χ0n) is 17.7. The Morgan fingerprint density at radius 2 is 1.75 bits per heavy atom. The van der Waals surface area contributed by atoms with Gasteiger partial charge in [-0.25, -0.2) is 8.42 Å². The molecule has 1 saturated heterocycles. The van der Waals surface area contributed by atoms with Crippen LogP contribution in [0.5, 0.6) is 0 Å². The fourth-order valence-corrected chi connectivity index (χ4v) is 7.09. The van der Waals surface area contributed by atoms with E-state index in [0.29, 0.717) is 37.5 Å². The topological polar surface area (TPSA) is 78.0 Å². The lowest BCUT2D eigenvalue weighted by atomic mass is 10.2. The number of thioether (sulfide) groups is 1. The Morgan fingerprint density at radius 3 is 2.56 bits per heavy atom. The highest BCUT2D eigenvalue weighted by Gasteiger charge is 2.32. The number of anilines is 2. The first kappa shape index (κ1) is 21.5. The summed E-state index contributed by atoms with van der Waals surface area (Å²) in [6.07, 6.45) is 2.81. The molecule has 0 unspecified atom stereocenters. The van der Waals surface area contributed by atoms with Gasteiger partial charge in [0.15, 0.2) is 0 Å². The molecule has 2 amide bonds. The number of carbonyl (C=O) groups excluding carboxylic acids is 2. The van der Waals surface area contributed by atoms with Crippen molar-refractivity contribution in [1.82, 2.24) is 4.31 Å². The highest BCUT2D eigenvalue weighted by Crippen LogP contribution is 2.37. The van der Waals surface area contributed by atoms with Gasteiger partial charge < -0.3 is 9.80 Å². The largest absolute Gasteiger partial charge is 0.310 e. The van der Waals surface area contributed by atoms with Crippen LogP contribution in [-0.2, 0) is 26.0 Å². The van der Waals surface area contributed by atoms with Crippen LogP contribution in [0.25, 0.3) is 0 Å². The molecule has 3 aliphatic heterocycles. The second-order valence-corrected chi connectivity index (χ2v) is 11.3. The van der Waals surface area contributed by atoms with Crippen LogP contribution in [0.15, 0.2) is 52.3 Å². The lowest BCUT2D eigenvalue weighted by Crippen LogP contribution is -2.42. The summed E-state index contributed by atoms with van der Waals surface area (Å²) in [5.74, 6) is 0.281. The number of amides is 2. The van der Waals surface area contributed by atoms with E-state index >= 15 is 0 Å². The predicted molar refractivity (Wildman–Crippen MR) is 125 cm³/mol. The summed E-state index contributed by atoms with van der Waals surface area (Å²) in [5, 5.41) is 0. The molecule has 9 heteroatoms. The highest BCUT2D eigenvalue weighted by molar-refractivity contribution is 7.99. The van der Waals surface area contributed by atoms with Crippen molar-refractivity contribution in [1.29, 1.82) is 0 Å². The van der Waals surface area contributed by atoms with Crippen molar-refractivity contribution in [2.24, 2.45) is 0 Å². The van der Waals surface area contributed by atoms with Crippen LogP contribution in [-0.4, -0.2) is 56.5 Å². The molecule has 3 aliphatic rings. The molecule has 2 aromatic rings. The normalized spacial score (nSPS) is 19.1. The van der Waals surface area contributed by atoms with E-state index in [0.717, 1.165) is 35.4 Å². The second kappa shape index (κ2) is 8.53. The van der Waals surface area contributed by atoms with E-state index in [4.69, 9.17) is 0 Å². The third-order valence-corrected chi connectivity index (χ3v) is 9.24. The second-order valence-electron chi connectivity index (χ2n) is 8.24. The predicted octanol–water partition coefficient (Wildman–Crippen LogP) is 2.89. The van der Waals surface area contributed by atoms with Crippen LogP contribution in [0.3, 0.4) is 0 Å². The van der Waals surface area contributed by atoms with Crippen molar-refractivity contribution in [2.45, 2.75) is 35.5 Å². The first-order valence-electron chi connectivity index (χ1n) is 10.9. The molecule has 1 fully saturated rings. The summed E-state index contributed by atoms with van der Waals surface area (Å²) < 4.78 is 27.7. The number of fused-ring (bicyclic) bond motifs is 2. The summed E-state index contributed by atoms with van der Waals surface area (Å²) >= 11 is 1.52. The molecule has 0 aromatic heterocycles. The third-order valence-electron chi connectivity index (χ3n) is 6.28. The first-order valence-corrected chi connectivity index (χ1v) is 13.3. The van der Waals surface area contributed by atoms with Crippen molar-refractivity contribution < 1.29 is 18.0 Å². The van der Waals surface area contributed by atoms with E-state index in [1.807, 2.05) is 24.3 Å². The minimum absolute atomic E-state index is 0.103. The number of hydrogen-bond donors (Lipinski definition) is 0. The number of nitrogens with zero attached hydrogens (tertiary/aromatic N) is 3. The lowest BCUT2D eigenvalue weighted by Gasteiger charge is -2.26. The molecule has 0 atom stereocenters. The van der Waals surface area contributed by atoms with E-state index in [9.17, 15) is 18.0 Å². The van der Waals surface area contributed by atoms with Gasteiger partial charge in [-0.2, -0.15) is 4.31 Å². The number of benzene rings is 2. The minimum Gasteiger partial charge on any atom is -0.310 e. The van der Waals surface area contributed by atoms with Crippen molar-refractivity contribution in [3.8, 4) is 0 Å². The number of rotatable bonds is 4. The summed E-state index contributed by atoms with van der Waals surface area (Å²) in [7, 11) is -3.62. The van der Waals surface area contributed by atoms with Gasteiger partial charge in [-0.3, -0.25) is 9.59 Å². The van der Waals surface area contributed by atoms with Crippen LogP contribution in [0.4, 0.5) is 11.4 Å². The fraction of sp³-hybridized carbons (Fsp3) is 0.391. The molecule has 7 nitrogen and oxygen atoms in total. The molecule has 2 aromatic carbocycles. The summed E-state index contributed by atoms with van der Waals surface area (Å²) in [6, 6.07) is 12.8. The number of sulfonamides is 1. The number of hydrogen-bond acceptors (Lipinski definition) is 5. The molecule has 5 rings (SSSR count). The Balaban J connectivity index is 1.47. The zero-order chi connectivity index (χ0) is 22.3. The van der Waals surface area contributed by atoms with Gasteiger partial charge in [-0.05, 0) is 49.1 Å². The summed E-state index contributed by atoms with van der Waals surface area (Å²) in [4.78, 5) is 30.4. The molecular formula is C23H25N3O4S2. The van der Waals surface area contributed by atoms with Gasteiger partial charge in [0.2, 0.25) is 21.8 Å². The molecule has 3 heterocycles. The van der Waals surface area contributed by atoms with Crippen molar-refractivity contribution in [3.63, 3.8) is 0 Å². The maximum absolute atomic E-state index is 13.2.